The molecule has 4 rings (SSSR count). The predicted molar refractivity (Wildman–Crippen MR) is 130 cm³/mol. The van der Waals surface area contributed by atoms with Crippen molar-refractivity contribution in [2.45, 2.75) is 89.5 Å². The second kappa shape index (κ2) is 10.3. The van der Waals surface area contributed by atoms with Crippen LogP contribution in [0.4, 0.5) is 0 Å². The van der Waals surface area contributed by atoms with Crippen LogP contribution in [0.1, 0.15) is 51.7 Å². The zero-order valence-corrected chi connectivity index (χ0v) is 21.0. The number of rotatable bonds is 8. The fraction of sp³-hybridized carbons (Fsp3) is 0.519. The second-order valence-electron chi connectivity index (χ2n) is 9.92. The Morgan fingerprint density at radius 3 is 2.50 bits per heavy atom. The van der Waals surface area contributed by atoms with E-state index in [0.717, 1.165) is 11.1 Å². The molecular formula is C27H34ClNO5. The summed E-state index contributed by atoms with van der Waals surface area (Å²) in [6.45, 7) is 8.33. The number of ether oxygens (including phenoxy) is 4. The van der Waals surface area contributed by atoms with Gasteiger partial charge in [0, 0.05) is 23.9 Å². The minimum Gasteiger partial charge on any atom is -0.371 e. The average Bonchev–Trinajstić information content (AvgIpc) is 3.10. The maximum atomic E-state index is 13.6. The van der Waals surface area contributed by atoms with Crippen molar-refractivity contribution in [1.29, 1.82) is 0 Å². The normalized spacial score (nSPS) is 28.0. The molecule has 0 unspecified atom stereocenters. The zero-order valence-electron chi connectivity index (χ0n) is 20.3. The van der Waals surface area contributed by atoms with Crippen molar-refractivity contribution in [3.05, 3.63) is 70.7 Å². The fourth-order valence-corrected chi connectivity index (χ4v) is 4.94. The summed E-state index contributed by atoms with van der Waals surface area (Å²) in [6, 6.07) is 17.4. The van der Waals surface area contributed by atoms with E-state index in [1.807, 2.05) is 82.3 Å². The number of fused-ring (bicyclic) bond motifs is 1. The van der Waals surface area contributed by atoms with Crippen LogP contribution in [-0.4, -0.2) is 41.6 Å². The van der Waals surface area contributed by atoms with Gasteiger partial charge in [0.05, 0.1) is 25.4 Å². The predicted octanol–water partition coefficient (Wildman–Crippen LogP) is 5.02. The van der Waals surface area contributed by atoms with Crippen LogP contribution in [0.15, 0.2) is 54.6 Å². The summed E-state index contributed by atoms with van der Waals surface area (Å²) < 4.78 is 25.3. The molecule has 1 saturated heterocycles. The van der Waals surface area contributed by atoms with Gasteiger partial charge in [0.1, 0.15) is 6.10 Å². The van der Waals surface area contributed by atoms with Crippen molar-refractivity contribution in [1.82, 2.24) is 5.32 Å². The van der Waals surface area contributed by atoms with Gasteiger partial charge in [0.15, 0.2) is 11.4 Å². The minimum atomic E-state index is -1.11. The lowest BCUT2D eigenvalue weighted by Gasteiger charge is -2.43. The van der Waals surface area contributed by atoms with E-state index < -0.39 is 17.5 Å². The highest BCUT2D eigenvalue weighted by Crippen LogP contribution is 2.44. The SMILES string of the molecule is CC(C)NC(=O)[C@@]1(OCc2ccccc2)C[C@H](OCc2cccc(Cl)c2)[C@@H]2OC(C)(C)O[C@@H]2C1. The van der Waals surface area contributed by atoms with Crippen molar-refractivity contribution < 1.29 is 23.7 Å². The molecule has 0 spiro atoms. The van der Waals surface area contributed by atoms with Gasteiger partial charge in [-0.25, -0.2) is 0 Å². The molecule has 2 aromatic rings. The molecule has 6 nitrogen and oxygen atoms in total. The summed E-state index contributed by atoms with van der Waals surface area (Å²) >= 11 is 6.15. The van der Waals surface area contributed by atoms with Crippen molar-refractivity contribution >= 4 is 17.5 Å². The molecule has 1 heterocycles. The van der Waals surface area contributed by atoms with Crippen molar-refractivity contribution in [2.75, 3.05) is 0 Å². The van der Waals surface area contributed by atoms with Crippen LogP contribution in [0.3, 0.4) is 0 Å². The highest BCUT2D eigenvalue weighted by Gasteiger charge is 2.58. The van der Waals surface area contributed by atoms with Crippen LogP contribution in [0, 0.1) is 0 Å². The summed E-state index contributed by atoms with van der Waals surface area (Å²) in [4.78, 5) is 13.6. The molecule has 2 fully saturated rings. The molecule has 184 valence electrons. The van der Waals surface area contributed by atoms with Crippen LogP contribution in [0.5, 0.6) is 0 Å². The van der Waals surface area contributed by atoms with E-state index in [1.54, 1.807) is 0 Å². The number of halogens is 1. The Morgan fingerprint density at radius 2 is 1.79 bits per heavy atom. The van der Waals surface area contributed by atoms with Gasteiger partial charge >= 0.3 is 0 Å². The molecular weight excluding hydrogens is 454 g/mol. The lowest BCUT2D eigenvalue weighted by atomic mass is 9.78. The summed E-state index contributed by atoms with van der Waals surface area (Å²) in [5.41, 5.74) is 0.848. The first kappa shape index (κ1) is 25.1. The van der Waals surface area contributed by atoms with Crippen LogP contribution < -0.4 is 5.32 Å². The summed E-state index contributed by atoms with van der Waals surface area (Å²) in [7, 11) is 0. The highest BCUT2D eigenvalue weighted by atomic mass is 35.5. The molecule has 1 saturated carbocycles. The first-order valence-electron chi connectivity index (χ1n) is 11.9. The lowest BCUT2D eigenvalue weighted by molar-refractivity contribution is -0.183. The number of hydrogen-bond acceptors (Lipinski definition) is 5. The molecule has 1 aliphatic heterocycles. The van der Waals surface area contributed by atoms with Gasteiger partial charge in [-0.2, -0.15) is 0 Å². The van der Waals surface area contributed by atoms with Gasteiger partial charge in [0.25, 0.3) is 5.91 Å². The van der Waals surface area contributed by atoms with E-state index >= 15 is 0 Å². The van der Waals surface area contributed by atoms with Gasteiger partial charge in [-0.3, -0.25) is 4.79 Å². The maximum absolute atomic E-state index is 13.6. The van der Waals surface area contributed by atoms with Gasteiger partial charge < -0.3 is 24.3 Å². The Hall–Kier alpha value is -1.96. The molecule has 1 N–H and O–H groups in total. The van der Waals surface area contributed by atoms with E-state index in [0.29, 0.717) is 31.1 Å². The molecule has 4 atom stereocenters. The lowest BCUT2D eigenvalue weighted by Crippen LogP contribution is -2.60. The maximum Gasteiger partial charge on any atom is 0.252 e. The van der Waals surface area contributed by atoms with Crippen LogP contribution in [0.25, 0.3) is 0 Å². The number of amides is 1. The third-order valence-electron chi connectivity index (χ3n) is 6.19. The Balaban J connectivity index is 1.60. The quantitative estimate of drug-likeness (QED) is 0.566. The first-order valence-corrected chi connectivity index (χ1v) is 12.2. The standard InChI is InChI=1S/C27H34ClNO5/c1-18(2)29-25(30)27(32-17-19-9-6-5-7-10-19)14-22(24-23(15-27)33-26(3,4)34-24)31-16-20-11-8-12-21(28)13-20/h5-13,18,22-24H,14-17H2,1-4H3,(H,29,30)/t22-,23+,24-,27+/m0/s1. The largest absolute Gasteiger partial charge is 0.371 e. The molecule has 2 aromatic carbocycles. The number of nitrogens with one attached hydrogen (secondary N) is 1. The second-order valence-corrected chi connectivity index (χ2v) is 10.4. The molecule has 1 aliphatic carbocycles. The molecule has 1 amide bonds. The first-order chi connectivity index (χ1) is 16.2. The van der Waals surface area contributed by atoms with Gasteiger partial charge in [-0.05, 0) is 51.0 Å². The van der Waals surface area contributed by atoms with E-state index in [-0.39, 0.29) is 24.2 Å². The summed E-state index contributed by atoms with van der Waals surface area (Å²) in [5, 5.41) is 3.71. The smallest absolute Gasteiger partial charge is 0.252 e. The third-order valence-corrected chi connectivity index (χ3v) is 6.43. The Kier molecular flexibility index (Phi) is 7.65. The Labute approximate surface area is 206 Å². The van der Waals surface area contributed by atoms with Crippen LogP contribution in [-0.2, 0) is 37.0 Å². The zero-order chi connectivity index (χ0) is 24.3. The third kappa shape index (κ3) is 5.99. The molecule has 0 radical (unpaired) electrons. The molecule has 0 bridgehead atoms. The van der Waals surface area contributed by atoms with Gasteiger partial charge in [-0.1, -0.05) is 54.1 Å². The monoisotopic (exact) mass is 487 g/mol. The molecule has 7 heteroatoms. The molecule has 34 heavy (non-hydrogen) atoms. The molecule has 2 aliphatic rings. The number of hydrogen-bond donors (Lipinski definition) is 1. The van der Waals surface area contributed by atoms with Crippen molar-refractivity contribution in [2.24, 2.45) is 0 Å². The summed E-state index contributed by atoms with van der Waals surface area (Å²) in [6.07, 6.45) is -0.271. The van der Waals surface area contributed by atoms with E-state index in [1.165, 1.54) is 0 Å². The number of benzene rings is 2. The number of carbonyl (C=O) groups is 1. The van der Waals surface area contributed by atoms with Gasteiger partial charge in [-0.15, -0.1) is 0 Å². The fourth-order valence-electron chi connectivity index (χ4n) is 4.73. The highest BCUT2D eigenvalue weighted by molar-refractivity contribution is 6.30. The van der Waals surface area contributed by atoms with E-state index in [9.17, 15) is 4.79 Å². The summed E-state index contributed by atoms with van der Waals surface area (Å²) in [5.74, 6) is -0.918. The van der Waals surface area contributed by atoms with E-state index in [2.05, 4.69) is 5.32 Å². The number of carbonyl (C=O) groups excluding carboxylic acids is 1. The van der Waals surface area contributed by atoms with Crippen LogP contribution in [0.2, 0.25) is 5.02 Å². The molecule has 0 aromatic heterocycles. The minimum absolute atomic E-state index is 0.0227. The van der Waals surface area contributed by atoms with Crippen LogP contribution >= 0.6 is 11.6 Å². The topological polar surface area (TPSA) is 66.0 Å². The van der Waals surface area contributed by atoms with Gasteiger partial charge in [0.2, 0.25) is 0 Å². The average molecular weight is 488 g/mol. The van der Waals surface area contributed by atoms with E-state index in [4.69, 9.17) is 30.5 Å². The Bertz CT molecular complexity index is 982. The van der Waals surface area contributed by atoms with Crippen molar-refractivity contribution in [3.63, 3.8) is 0 Å². The van der Waals surface area contributed by atoms with Crippen molar-refractivity contribution in [3.8, 4) is 0 Å². The Morgan fingerprint density at radius 1 is 1.06 bits per heavy atom.